The molecule has 6 nitrogen and oxygen atoms in total. The van der Waals surface area contributed by atoms with Crippen LogP contribution in [0, 0.1) is 5.92 Å². The van der Waals surface area contributed by atoms with Gasteiger partial charge in [-0.3, -0.25) is 4.90 Å². The van der Waals surface area contributed by atoms with Crippen LogP contribution >= 0.6 is 0 Å². The van der Waals surface area contributed by atoms with Crippen molar-refractivity contribution in [1.29, 1.82) is 0 Å². The first-order valence-electron chi connectivity index (χ1n) is 5.93. The van der Waals surface area contributed by atoms with Gasteiger partial charge in [-0.2, -0.15) is 4.80 Å². The molecule has 1 fully saturated rings. The number of tetrazole rings is 1. The average Bonchev–Trinajstić information content (AvgIpc) is 2.67. The van der Waals surface area contributed by atoms with Crippen LogP contribution in [0.5, 0.6) is 0 Å². The molecule has 1 aromatic rings. The summed E-state index contributed by atoms with van der Waals surface area (Å²) < 4.78 is 0. The molecule has 1 saturated heterocycles. The summed E-state index contributed by atoms with van der Waals surface area (Å²) in [5.41, 5.74) is 5.58. The van der Waals surface area contributed by atoms with Crippen LogP contribution in [-0.4, -0.2) is 44.7 Å². The third-order valence-corrected chi connectivity index (χ3v) is 3.20. The smallest absolute Gasteiger partial charge is 0.188 e. The van der Waals surface area contributed by atoms with Gasteiger partial charge in [0, 0.05) is 0 Å². The molecule has 0 atom stereocenters. The molecule has 16 heavy (non-hydrogen) atoms. The topological polar surface area (TPSA) is 72.9 Å². The van der Waals surface area contributed by atoms with Crippen LogP contribution in [0.4, 0.5) is 0 Å². The zero-order chi connectivity index (χ0) is 11.4. The maximum Gasteiger partial charge on any atom is 0.188 e. The van der Waals surface area contributed by atoms with Crippen LogP contribution < -0.4 is 5.73 Å². The average molecular weight is 224 g/mol. The van der Waals surface area contributed by atoms with Crippen molar-refractivity contribution in [3.8, 4) is 0 Å². The lowest BCUT2D eigenvalue weighted by atomic mass is 9.94. The largest absolute Gasteiger partial charge is 0.330 e. The van der Waals surface area contributed by atoms with E-state index in [4.69, 9.17) is 5.73 Å². The number of hydrogen-bond donors (Lipinski definition) is 1. The van der Waals surface area contributed by atoms with E-state index in [1.165, 1.54) is 17.6 Å². The molecular weight excluding hydrogens is 204 g/mol. The summed E-state index contributed by atoms with van der Waals surface area (Å²) in [5, 5.41) is 12.0. The van der Waals surface area contributed by atoms with Gasteiger partial charge in [0.2, 0.25) is 0 Å². The molecule has 2 N–H and O–H groups in total. The number of aromatic nitrogens is 4. The maximum atomic E-state index is 5.58. The molecule has 0 unspecified atom stereocenters. The van der Waals surface area contributed by atoms with Gasteiger partial charge < -0.3 is 5.73 Å². The van der Waals surface area contributed by atoms with E-state index in [1.807, 2.05) is 0 Å². The maximum absolute atomic E-state index is 5.58. The number of nitrogens with zero attached hydrogens (tertiary/aromatic N) is 5. The lowest BCUT2D eigenvalue weighted by molar-refractivity contribution is 0.170. The van der Waals surface area contributed by atoms with E-state index in [1.54, 1.807) is 7.05 Å². The van der Waals surface area contributed by atoms with Crippen LogP contribution in [0.15, 0.2) is 0 Å². The van der Waals surface area contributed by atoms with Crippen molar-refractivity contribution < 1.29 is 0 Å². The molecule has 0 spiro atoms. The van der Waals surface area contributed by atoms with E-state index < -0.39 is 0 Å². The Balaban J connectivity index is 1.77. The van der Waals surface area contributed by atoms with Crippen molar-refractivity contribution in [2.45, 2.75) is 25.8 Å². The Morgan fingerprint density at radius 2 is 2.12 bits per heavy atom. The number of aryl methyl sites for hydroxylation is 1. The van der Waals surface area contributed by atoms with Gasteiger partial charge in [-0.15, -0.1) is 10.2 Å². The normalized spacial score (nSPS) is 19.1. The molecule has 0 amide bonds. The van der Waals surface area contributed by atoms with Gasteiger partial charge in [0.15, 0.2) is 5.82 Å². The minimum Gasteiger partial charge on any atom is -0.330 e. The van der Waals surface area contributed by atoms with E-state index >= 15 is 0 Å². The zero-order valence-electron chi connectivity index (χ0n) is 9.84. The second kappa shape index (κ2) is 5.36. The monoisotopic (exact) mass is 224 g/mol. The fourth-order valence-electron chi connectivity index (χ4n) is 2.26. The van der Waals surface area contributed by atoms with E-state index in [2.05, 4.69) is 20.3 Å². The molecule has 1 aliphatic rings. The lowest BCUT2D eigenvalue weighted by Gasteiger charge is -2.30. The van der Waals surface area contributed by atoms with Crippen molar-refractivity contribution in [2.24, 2.45) is 18.7 Å². The number of hydrogen-bond acceptors (Lipinski definition) is 5. The summed E-state index contributed by atoms with van der Waals surface area (Å²) in [6.07, 6.45) is 3.66. The van der Waals surface area contributed by atoms with Gasteiger partial charge in [-0.25, -0.2) is 0 Å². The van der Waals surface area contributed by atoms with E-state index in [-0.39, 0.29) is 0 Å². The summed E-state index contributed by atoms with van der Waals surface area (Å²) in [7, 11) is 1.80. The molecule has 0 aliphatic carbocycles. The van der Waals surface area contributed by atoms with Gasteiger partial charge in [-0.05, 0) is 50.0 Å². The molecule has 0 saturated carbocycles. The minimum absolute atomic E-state index is 0.816. The highest BCUT2D eigenvalue weighted by atomic mass is 15.6. The number of likely N-dealkylation sites (tertiary alicyclic amines) is 1. The van der Waals surface area contributed by atoms with Crippen LogP contribution in [0.3, 0.4) is 0 Å². The van der Waals surface area contributed by atoms with Gasteiger partial charge in [0.05, 0.1) is 13.6 Å². The van der Waals surface area contributed by atoms with E-state index in [0.29, 0.717) is 0 Å². The van der Waals surface area contributed by atoms with Gasteiger partial charge in [0.1, 0.15) is 0 Å². The Morgan fingerprint density at radius 3 is 2.69 bits per heavy atom. The summed E-state index contributed by atoms with van der Waals surface area (Å²) in [4.78, 5) is 3.90. The molecule has 1 aromatic heterocycles. The molecule has 0 aromatic carbocycles. The van der Waals surface area contributed by atoms with Crippen molar-refractivity contribution in [2.75, 3.05) is 19.6 Å². The SMILES string of the molecule is Cn1nnc(CN2CCC(CCN)CC2)n1. The fourth-order valence-corrected chi connectivity index (χ4v) is 2.26. The van der Waals surface area contributed by atoms with E-state index in [9.17, 15) is 0 Å². The first kappa shape index (κ1) is 11.5. The van der Waals surface area contributed by atoms with Crippen LogP contribution in [0.2, 0.25) is 0 Å². The first-order chi connectivity index (χ1) is 7.78. The number of nitrogens with two attached hydrogens (primary N) is 1. The Bertz CT molecular complexity index is 315. The second-order valence-electron chi connectivity index (χ2n) is 4.49. The molecule has 90 valence electrons. The van der Waals surface area contributed by atoms with Gasteiger partial charge in [-0.1, -0.05) is 0 Å². The third-order valence-electron chi connectivity index (χ3n) is 3.20. The molecule has 0 radical (unpaired) electrons. The number of rotatable bonds is 4. The highest BCUT2D eigenvalue weighted by Crippen LogP contribution is 2.20. The number of piperidine rings is 1. The Kier molecular flexibility index (Phi) is 3.84. The summed E-state index contributed by atoms with van der Waals surface area (Å²) in [6, 6.07) is 0. The fraction of sp³-hybridized carbons (Fsp3) is 0.900. The standard InChI is InChI=1S/C10H20N6/c1-15-13-10(12-14-15)8-16-6-3-9(2-5-11)4-7-16/h9H,2-8,11H2,1H3. The van der Waals surface area contributed by atoms with Crippen LogP contribution in [0.1, 0.15) is 25.1 Å². The molecular formula is C10H20N6. The van der Waals surface area contributed by atoms with Crippen LogP contribution in [-0.2, 0) is 13.6 Å². The molecule has 2 heterocycles. The van der Waals surface area contributed by atoms with Crippen LogP contribution in [0.25, 0.3) is 0 Å². The Morgan fingerprint density at radius 1 is 1.38 bits per heavy atom. The molecule has 1 aliphatic heterocycles. The summed E-state index contributed by atoms with van der Waals surface area (Å²) >= 11 is 0. The highest BCUT2D eigenvalue weighted by Gasteiger charge is 2.19. The third kappa shape index (κ3) is 2.99. The van der Waals surface area contributed by atoms with Crippen molar-refractivity contribution in [1.82, 2.24) is 25.1 Å². The Hall–Kier alpha value is -1.01. The summed E-state index contributed by atoms with van der Waals surface area (Å²) in [6.45, 7) is 3.89. The summed E-state index contributed by atoms with van der Waals surface area (Å²) in [5.74, 6) is 1.64. The molecule has 0 bridgehead atoms. The van der Waals surface area contributed by atoms with E-state index in [0.717, 1.165) is 44.3 Å². The quantitative estimate of drug-likeness (QED) is 0.765. The molecule has 2 rings (SSSR count). The van der Waals surface area contributed by atoms with Gasteiger partial charge in [0.25, 0.3) is 0 Å². The van der Waals surface area contributed by atoms with Crippen molar-refractivity contribution in [3.05, 3.63) is 5.82 Å². The van der Waals surface area contributed by atoms with Gasteiger partial charge >= 0.3 is 0 Å². The van der Waals surface area contributed by atoms with Crippen molar-refractivity contribution >= 4 is 0 Å². The molecule has 6 heteroatoms. The first-order valence-corrected chi connectivity index (χ1v) is 5.93. The highest BCUT2D eigenvalue weighted by molar-refractivity contribution is 4.80. The minimum atomic E-state index is 0.816. The lowest BCUT2D eigenvalue weighted by Crippen LogP contribution is -2.34. The second-order valence-corrected chi connectivity index (χ2v) is 4.49. The predicted molar refractivity (Wildman–Crippen MR) is 60.5 cm³/mol. The predicted octanol–water partition coefficient (Wildman–Crippen LogP) is -0.229. The van der Waals surface area contributed by atoms with Crippen molar-refractivity contribution in [3.63, 3.8) is 0 Å². The zero-order valence-corrected chi connectivity index (χ0v) is 9.84. The Labute approximate surface area is 95.8 Å².